The van der Waals surface area contributed by atoms with Gasteiger partial charge in [-0.3, -0.25) is 4.98 Å². The summed E-state index contributed by atoms with van der Waals surface area (Å²) in [5.41, 5.74) is 4.36. The van der Waals surface area contributed by atoms with Gasteiger partial charge in [0.1, 0.15) is 0 Å². The van der Waals surface area contributed by atoms with Crippen LogP contribution in [0.1, 0.15) is 66.2 Å². The number of aliphatic hydroxyl groups excluding tert-OH is 2. The van der Waals surface area contributed by atoms with E-state index in [0.717, 1.165) is 66.6 Å². The van der Waals surface area contributed by atoms with E-state index in [-0.39, 0.29) is 49.1 Å². The predicted molar refractivity (Wildman–Crippen MR) is 160 cm³/mol. The molecule has 215 valence electrons. The smallest absolute Gasteiger partial charge is 0.0774 e. The molecule has 5 heteroatoms. The number of benzene rings is 3. The van der Waals surface area contributed by atoms with Crippen LogP contribution in [-0.2, 0) is 20.1 Å². The SMILES string of the molecule is CCC1(CC)CC2CC(CC)(CC)C(O)C2C1O.[Ir].[c-]1ccccc1-c1nc2ccccc2n1-c1ccccc1. The first kappa shape index (κ1) is 30.7. The summed E-state index contributed by atoms with van der Waals surface area (Å²) in [6, 6.07) is 29.7. The fourth-order valence-electron chi connectivity index (χ4n) is 7.63. The Morgan fingerprint density at radius 3 is 1.85 bits per heavy atom. The van der Waals surface area contributed by atoms with Gasteiger partial charge in [-0.25, -0.2) is 0 Å². The van der Waals surface area contributed by atoms with E-state index in [1.807, 2.05) is 60.7 Å². The number of nitrogens with zero attached hydrogens (tertiary/aromatic N) is 2. The van der Waals surface area contributed by atoms with Crippen molar-refractivity contribution in [1.29, 1.82) is 0 Å². The second-order valence-electron chi connectivity index (χ2n) is 11.6. The summed E-state index contributed by atoms with van der Waals surface area (Å²) < 4.78 is 2.18. The molecule has 2 atom stereocenters. The molecule has 2 aliphatic rings. The molecule has 0 bridgehead atoms. The summed E-state index contributed by atoms with van der Waals surface area (Å²) in [7, 11) is 0. The van der Waals surface area contributed by atoms with Crippen LogP contribution >= 0.6 is 0 Å². The van der Waals surface area contributed by atoms with Gasteiger partial charge < -0.3 is 14.8 Å². The Morgan fingerprint density at radius 2 is 1.32 bits per heavy atom. The largest absolute Gasteiger partial charge is 0.392 e. The summed E-state index contributed by atoms with van der Waals surface area (Å²) in [6.45, 7) is 8.75. The Bertz CT molecular complexity index is 1330. The van der Waals surface area contributed by atoms with Gasteiger partial charge in [-0.05, 0) is 79.5 Å². The maximum absolute atomic E-state index is 10.7. The van der Waals surface area contributed by atoms with Crippen LogP contribution in [0.3, 0.4) is 0 Å². The van der Waals surface area contributed by atoms with E-state index in [0.29, 0.717) is 5.92 Å². The van der Waals surface area contributed by atoms with Crippen LogP contribution < -0.4 is 0 Å². The van der Waals surface area contributed by atoms with Crippen LogP contribution in [0.4, 0.5) is 0 Å². The van der Waals surface area contributed by atoms with E-state index in [9.17, 15) is 10.2 Å². The molecule has 3 aromatic carbocycles. The van der Waals surface area contributed by atoms with Gasteiger partial charge in [0.25, 0.3) is 0 Å². The van der Waals surface area contributed by atoms with Gasteiger partial charge in [0, 0.05) is 31.7 Å². The number of imidazole rings is 1. The summed E-state index contributed by atoms with van der Waals surface area (Å²) in [5.74, 6) is 1.59. The number of aliphatic hydroxyl groups is 2. The van der Waals surface area contributed by atoms with Crippen molar-refractivity contribution in [2.24, 2.45) is 22.7 Å². The van der Waals surface area contributed by atoms with Crippen LogP contribution in [-0.4, -0.2) is 32.0 Å². The van der Waals surface area contributed by atoms with E-state index < -0.39 is 0 Å². The van der Waals surface area contributed by atoms with E-state index in [2.05, 4.69) is 56.5 Å². The fourth-order valence-corrected chi connectivity index (χ4v) is 7.63. The minimum absolute atomic E-state index is 0. The molecule has 4 aromatic rings. The number of hydrogen-bond acceptors (Lipinski definition) is 3. The number of hydrogen-bond donors (Lipinski definition) is 2. The number of aromatic nitrogens is 2. The van der Waals surface area contributed by atoms with Crippen molar-refractivity contribution in [1.82, 2.24) is 9.55 Å². The van der Waals surface area contributed by atoms with E-state index in [1.165, 1.54) is 0 Å². The maximum Gasteiger partial charge on any atom is 0.0774 e. The number of para-hydroxylation sites is 3. The van der Waals surface area contributed by atoms with Crippen molar-refractivity contribution in [3.8, 4) is 17.1 Å². The van der Waals surface area contributed by atoms with Crippen LogP contribution in [0.25, 0.3) is 28.1 Å². The topological polar surface area (TPSA) is 58.3 Å². The Kier molecular flexibility index (Phi) is 9.73. The molecule has 1 aromatic heterocycles. The first-order valence-corrected chi connectivity index (χ1v) is 14.8. The van der Waals surface area contributed by atoms with Crippen molar-refractivity contribution in [2.45, 2.75) is 78.4 Å². The van der Waals surface area contributed by atoms with Crippen molar-refractivity contribution < 1.29 is 30.3 Å². The molecular formula is C35H43IrN2O2-. The summed E-state index contributed by atoms with van der Waals surface area (Å²) >= 11 is 0. The van der Waals surface area contributed by atoms with Crippen LogP contribution in [0.15, 0.2) is 78.9 Å². The minimum Gasteiger partial charge on any atom is -0.392 e. The standard InChI is InChI=1S/C19H13N2.C16H30O2.Ir/c1-3-9-15(10-4-1)19-20-17-13-7-8-14-18(17)21(19)16-11-5-2-6-12-16;1-5-15(6-2)9-11-10-16(7-3,8-4)14(18)12(11)13(15)17;/h1-9,11-14H;11-14,17-18H,5-10H2,1-4H3;/q-1;;. The monoisotopic (exact) mass is 716 g/mol. The maximum atomic E-state index is 10.7. The predicted octanol–water partition coefficient (Wildman–Crippen LogP) is 7.85. The number of fused-ring (bicyclic) bond motifs is 2. The minimum atomic E-state index is -0.299. The van der Waals surface area contributed by atoms with Crippen molar-refractivity contribution >= 4 is 11.0 Å². The zero-order valence-corrected chi connectivity index (χ0v) is 26.6. The van der Waals surface area contributed by atoms with E-state index in [1.54, 1.807) is 0 Å². The second-order valence-corrected chi connectivity index (χ2v) is 11.6. The Labute approximate surface area is 253 Å². The molecule has 2 N–H and O–H groups in total. The fraction of sp³-hybridized carbons (Fsp3) is 0.457. The molecule has 2 aliphatic carbocycles. The molecule has 2 unspecified atom stereocenters. The molecule has 0 aliphatic heterocycles. The summed E-state index contributed by atoms with van der Waals surface area (Å²) in [4.78, 5) is 4.79. The molecule has 0 spiro atoms. The Morgan fingerprint density at radius 1 is 0.775 bits per heavy atom. The van der Waals surface area contributed by atoms with E-state index in [4.69, 9.17) is 4.98 Å². The Balaban J connectivity index is 0.000000183. The number of rotatable bonds is 6. The molecular weight excluding hydrogens is 673 g/mol. The van der Waals surface area contributed by atoms with Crippen LogP contribution in [0.2, 0.25) is 0 Å². The van der Waals surface area contributed by atoms with Crippen molar-refractivity contribution in [3.63, 3.8) is 0 Å². The molecule has 1 radical (unpaired) electrons. The summed E-state index contributed by atoms with van der Waals surface area (Å²) in [6.07, 6.45) is 5.78. The van der Waals surface area contributed by atoms with Gasteiger partial charge in [0.15, 0.2) is 0 Å². The quantitative estimate of drug-likeness (QED) is 0.200. The molecule has 40 heavy (non-hydrogen) atoms. The molecule has 4 nitrogen and oxygen atoms in total. The van der Waals surface area contributed by atoms with Gasteiger partial charge in [-0.2, -0.15) is 0 Å². The first-order chi connectivity index (χ1) is 18.9. The van der Waals surface area contributed by atoms with Gasteiger partial charge in [0.2, 0.25) is 0 Å². The molecule has 0 saturated heterocycles. The first-order valence-electron chi connectivity index (χ1n) is 14.8. The van der Waals surface area contributed by atoms with Crippen LogP contribution in [0, 0.1) is 28.7 Å². The van der Waals surface area contributed by atoms with Crippen molar-refractivity contribution in [3.05, 3.63) is 84.9 Å². The molecule has 1 heterocycles. The van der Waals surface area contributed by atoms with Crippen molar-refractivity contribution in [2.75, 3.05) is 0 Å². The average Bonchev–Trinajstić information content (AvgIpc) is 3.61. The van der Waals surface area contributed by atoms with Gasteiger partial charge in [-0.15, -0.1) is 35.9 Å². The second kappa shape index (κ2) is 12.7. The summed E-state index contributed by atoms with van der Waals surface area (Å²) in [5, 5.41) is 21.5. The Hall–Kier alpha value is -2.30. The zero-order chi connectivity index (χ0) is 27.6. The molecule has 2 saturated carbocycles. The van der Waals surface area contributed by atoms with Gasteiger partial charge in [0.05, 0.1) is 29.1 Å². The molecule has 6 rings (SSSR count). The normalized spacial score (nSPS) is 24.1. The van der Waals surface area contributed by atoms with Crippen LogP contribution in [0.5, 0.6) is 0 Å². The van der Waals surface area contributed by atoms with Gasteiger partial charge >= 0.3 is 0 Å². The third kappa shape index (κ3) is 5.23. The van der Waals surface area contributed by atoms with E-state index >= 15 is 0 Å². The zero-order valence-electron chi connectivity index (χ0n) is 24.2. The molecule has 2 fully saturated rings. The van der Waals surface area contributed by atoms with Gasteiger partial charge in [-0.1, -0.05) is 58.0 Å². The third-order valence-corrected chi connectivity index (χ3v) is 10.2. The molecule has 0 amide bonds. The third-order valence-electron chi connectivity index (χ3n) is 10.2. The average molecular weight is 716 g/mol.